The van der Waals surface area contributed by atoms with Crippen LogP contribution in [0.4, 0.5) is 0 Å². The number of aromatic nitrogens is 2. The molecule has 0 bridgehead atoms. The van der Waals surface area contributed by atoms with Crippen LogP contribution in [-0.4, -0.2) is 16.7 Å². The average molecular weight is 256 g/mol. The zero-order valence-electron chi connectivity index (χ0n) is 11.1. The smallest absolute Gasteiger partial charge is 0.227 e. The van der Waals surface area contributed by atoms with E-state index in [1.165, 1.54) is 5.56 Å². The maximum atomic E-state index is 8.81. The third-order valence-corrected chi connectivity index (χ3v) is 2.87. The van der Waals surface area contributed by atoms with Crippen LogP contribution in [0, 0.1) is 25.2 Å². The van der Waals surface area contributed by atoms with Crippen molar-refractivity contribution in [3.8, 4) is 6.07 Å². The molecule has 1 N–H and O–H groups in total. The Morgan fingerprint density at radius 3 is 2.84 bits per heavy atom. The standard InChI is InChI=1S/C14H16N4O/c1-10-7-12(8-15)3-4-13(10)9-16-6-5-14-17-11(2)18-19-14/h3-4,7,16H,5-6,9H2,1-2H3. The lowest BCUT2D eigenvalue weighted by atomic mass is 10.1. The van der Waals surface area contributed by atoms with E-state index in [4.69, 9.17) is 9.78 Å². The summed E-state index contributed by atoms with van der Waals surface area (Å²) < 4.78 is 5.03. The van der Waals surface area contributed by atoms with Crippen molar-refractivity contribution in [3.05, 3.63) is 46.6 Å². The fourth-order valence-electron chi connectivity index (χ4n) is 1.82. The van der Waals surface area contributed by atoms with E-state index in [-0.39, 0.29) is 0 Å². The highest BCUT2D eigenvalue weighted by molar-refractivity contribution is 5.37. The predicted octanol–water partition coefficient (Wildman–Crippen LogP) is 1.89. The van der Waals surface area contributed by atoms with Gasteiger partial charge in [-0.25, -0.2) is 0 Å². The first-order chi connectivity index (χ1) is 9.19. The van der Waals surface area contributed by atoms with Gasteiger partial charge in [0.1, 0.15) is 0 Å². The normalized spacial score (nSPS) is 10.4. The van der Waals surface area contributed by atoms with Gasteiger partial charge in [-0.2, -0.15) is 10.2 Å². The van der Waals surface area contributed by atoms with Gasteiger partial charge in [0.2, 0.25) is 5.89 Å². The Bertz CT molecular complexity index is 598. The van der Waals surface area contributed by atoms with Gasteiger partial charge in [0, 0.05) is 19.5 Å². The fraction of sp³-hybridized carbons (Fsp3) is 0.357. The second-order valence-corrected chi connectivity index (χ2v) is 4.42. The summed E-state index contributed by atoms with van der Waals surface area (Å²) in [5.74, 6) is 1.32. The summed E-state index contributed by atoms with van der Waals surface area (Å²) in [7, 11) is 0. The van der Waals surface area contributed by atoms with Crippen LogP contribution in [0.15, 0.2) is 22.7 Å². The first kappa shape index (κ1) is 13.2. The van der Waals surface area contributed by atoms with Gasteiger partial charge in [-0.05, 0) is 37.1 Å². The fourth-order valence-corrected chi connectivity index (χ4v) is 1.82. The number of rotatable bonds is 5. The van der Waals surface area contributed by atoms with E-state index in [0.717, 1.165) is 25.1 Å². The maximum absolute atomic E-state index is 8.81. The van der Waals surface area contributed by atoms with Crippen molar-refractivity contribution in [1.29, 1.82) is 5.26 Å². The monoisotopic (exact) mass is 256 g/mol. The minimum absolute atomic E-state index is 0.654. The molecule has 1 aromatic heterocycles. The Morgan fingerprint density at radius 1 is 1.37 bits per heavy atom. The molecule has 0 radical (unpaired) electrons. The van der Waals surface area contributed by atoms with Crippen molar-refractivity contribution in [1.82, 2.24) is 15.5 Å². The molecule has 1 aromatic carbocycles. The molecule has 0 aliphatic heterocycles. The Balaban J connectivity index is 1.81. The van der Waals surface area contributed by atoms with Gasteiger partial charge in [0.05, 0.1) is 11.6 Å². The lowest BCUT2D eigenvalue weighted by Crippen LogP contribution is -2.17. The molecule has 0 spiro atoms. The molecule has 0 saturated carbocycles. The minimum atomic E-state index is 0.654. The van der Waals surface area contributed by atoms with Crippen LogP contribution >= 0.6 is 0 Å². The number of benzene rings is 1. The van der Waals surface area contributed by atoms with Crippen molar-refractivity contribution in [2.45, 2.75) is 26.8 Å². The highest BCUT2D eigenvalue weighted by Gasteiger charge is 2.03. The third-order valence-electron chi connectivity index (χ3n) is 2.87. The summed E-state index contributed by atoms with van der Waals surface area (Å²) in [5.41, 5.74) is 3.02. The molecule has 0 fully saturated rings. The van der Waals surface area contributed by atoms with E-state index in [9.17, 15) is 0 Å². The summed E-state index contributed by atoms with van der Waals surface area (Å²) in [6.07, 6.45) is 0.718. The van der Waals surface area contributed by atoms with Gasteiger partial charge in [-0.1, -0.05) is 11.2 Å². The van der Waals surface area contributed by atoms with Crippen molar-refractivity contribution in [2.75, 3.05) is 6.54 Å². The Kier molecular flexibility index (Phi) is 4.26. The summed E-state index contributed by atoms with van der Waals surface area (Å²) >= 11 is 0. The first-order valence-corrected chi connectivity index (χ1v) is 6.18. The van der Waals surface area contributed by atoms with Crippen molar-refractivity contribution >= 4 is 0 Å². The van der Waals surface area contributed by atoms with E-state index < -0.39 is 0 Å². The molecule has 98 valence electrons. The van der Waals surface area contributed by atoms with Crippen molar-refractivity contribution < 1.29 is 4.52 Å². The summed E-state index contributed by atoms with van der Waals surface area (Å²) in [4.78, 5) is 4.14. The summed E-state index contributed by atoms with van der Waals surface area (Å²) in [5, 5.41) is 15.9. The molecule has 0 atom stereocenters. The number of nitriles is 1. The Morgan fingerprint density at radius 2 is 2.21 bits per heavy atom. The van der Waals surface area contributed by atoms with Gasteiger partial charge in [-0.15, -0.1) is 0 Å². The average Bonchev–Trinajstić information content (AvgIpc) is 2.82. The van der Waals surface area contributed by atoms with E-state index in [2.05, 4.69) is 21.5 Å². The summed E-state index contributed by atoms with van der Waals surface area (Å²) in [6, 6.07) is 7.86. The van der Waals surface area contributed by atoms with Crippen LogP contribution in [0.1, 0.15) is 28.4 Å². The molecule has 2 aromatic rings. The second-order valence-electron chi connectivity index (χ2n) is 4.42. The van der Waals surface area contributed by atoms with E-state index in [1.807, 2.05) is 25.1 Å². The molecule has 0 amide bonds. The van der Waals surface area contributed by atoms with Crippen LogP contribution in [-0.2, 0) is 13.0 Å². The zero-order chi connectivity index (χ0) is 13.7. The van der Waals surface area contributed by atoms with Gasteiger partial charge in [-0.3, -0.25) is 0 Å². The lowest BCUT2D eigenvalue weighted by Gasteiger charge is -2.07. The SMILES string of the molecule is Cc1noc(CCNCc2ccc(C#N)cc2C)n1. The van der Waals surface area contributed by atoms with Gasteiger partial charge in [0.25, 0.3) is 0 Å². The third kappa shape index (κ3) is 3.63. The van der Waals surface area contributed by atoms with Crippen LogP contribution in [0.3, 0.4) is 0 Å². The molecule has 19 heavy (non-hydrogen) atoms. The minimum Gasteiger partial charge on any atom is -0.339 e. The molecule has 0 aliphatic rings. The van der Waals surface area contributed by atoms with Crippen LogP contribution < -0.4 is 5.32 Å². The highest BCUT2D eigenvalue weighted by Crippen LogP contribution is 2.10. The van der Waals surface area contributed by atoms with Gasteiger partial charge >= 0.3 is 0 Å². The molecular formula is C14H16N4O. The first-order valence-electron chi connectivity index (χ1n) is 6.18. The molecule has 0 unspecified atom stereocenters. The molecule has 5 heteroatoms. The van der Waals surface area contributed by atoms with Gasteiger partial charge < -0.3 is 9.84 Å². The topological polar surface area (TPSA) is 74.7 Å². The largest absolute Gasteiger partial charge is 0.339 e. The van der Waals surface area contributed by atoms with Crippen molar-refractivity contribution in [3.63, 3.8) is 0 Å². The number of nitrogens with zero attached hydrogens (tertiary/aromatic N) is 3. The maximum Gasteiger partial charge on any atom is 0.227 e. The van der Waals surface area contributed by atoms with Gasteiger partial charge in [0.15, 0.2) is 5.82 Å². The summed E-state index contributed by atoms with van der Waals surface area (Å²) in [6.45, 7) is 5.37. The molecular weight excluding hydrogens is 240 g/mol. The molecule has 0 saturated heterocycles. The molecule has 1 heterocycles. The second kappa shape index (κ2) is 6.12. The number of nitrogens with one attached hydrogen (secondary N) is 1. The van der Waals surface area contributed by atoms with Crippen LogP contribution in [0.5, 0.6) is 0 Å². The Labute approximate surface area is 112 Å². The lowest BCUT2D eigenvalue weighted by molar-refractivity contribution is 0.372. The molecule has 2 rings (SSSR count). The zero-order valence-corrected chi connectivity index (χ0v) is 11.1. The number of hydrogen-bond donors (Lipinski definition) is 1. The Hall–Kier alpha value is -2.19. The quantitative estimate of drug-likeness (QED) is 0.827. The van der Waals surface area contributed by atoms with Crippen molar-refractivity contribution in [2.24, 2.45) is 0 Å². The van der Waals surface area contributed by atoms with Crippen LogP contribution in [0.25, 0.3) is 0 Å². The number of hydrogen-bond acceptors (Lipinski definition) is 5. The highest BCUT2D eigenvalue weighted by atomic mass is 16.5. The van der Waals surface area contributed by atoms with Crippen LogP contribution in [0.2, 0.25) is 0 Å². The van der Waals surface area contributed by atoms with E-state index in [0.29, 0.717) is 17.3 Å². The molecule has 5 nitrogen and oxygen atoms in total. The van der Waals surface area contributed by atoms with E-state index in [1.54, 1.807) is 6.92 Å². The van der Waals surface area contributed by atoms with E-state index >= 15 is 0 Å². The predicted molar refractivity (Wildman–Crippen MR) is 70.3 cm³/mol. The molecule has 0 aliphatic carbocycles. The number of aryl methyl sites for hydroxylation is 2.